The molecule has 2 atom stereocenters. The van der Waals surface area contributed by atoms with E-state index in [4.69, 9.17) is 21.1 Å². The maximum absolute atomic E-state index is 11.7. The topological polar surface area (TPSA) is 35.5 Å². The first kappa shape index (κ1) is 10.9. The van der Waals surface area contributed by atoms with E-state index in [2.05, 4.69) is 6.92 Å². The highest BCUT2D eigenvalue weighted by molar-refractivity contribution is 6.30. The fourth-order valence-electron chi connectivity index (χ4n) is 2.50. The summed E-state index contributed by atoms with van der Waals surface area (Å²) in [5.41, 5.74) is 0.122. The van der Waals surface area contributed by atoms with Crippen molar-refractivity contribution in [1.29, 1.82) is 0 Å². The Morgan fingerprint density at radius 1 is 1.47 bits per heavy atom. The van der Waals surface area contributed by atoms with Gasteiger partial charge < -0.3 is 9.47 Å². The van der Waals surface area contributed by atoms with Gasteiger partial charge in [0.15, 0.2) is 6.10 Å². The molecule has 3 rings (SSSR count). The van der Waals surface area contributed by atoms with Crippen LogP contribution in [0.1, 0.15) is 37.9 Å². The number of benzene rings is 1. The fraction of sp³-hybridized carbons (Fsp3) is 0.462. The smallest absolute Gasteiger partial charge is 0.355 e. The minimum absolute atomic E-state index is 0.247. The van der Waals surface area contributed by atoms with E-state index in [1.165, 1.54) is 0 Å². The largest absolute Gasteiger partial charge is 0.471 e. The lowest BCUT2D eigenvalue weighted by atomic mass is 9.84. The van der Waals surface area contributed by atoms with Crippen LogP contribution in [0.5, 0.6) is 5.75 Å². The van der Waals surface area contributed by atoms with Crippen molar-refractivity contribution < 1.29 is 14.3 Å². The van der Waals surface area contributed by atoms with Crippen molar-refractivity contribution >= 4 is 17.6 Å². The molecule has 0 radical (unpaired) electrons. The summed E-state index contributed by atoms with van der Waals surface area (Å²) in [5.74, 6) is 0.477. The molecule has 2 heterocycles. The number of esters is 1. The van der Waals surface area contributed by atoms with E-state index in [0.29, 0.717) is 11.4 Å². The molecule has 4 heteroatoms. The molecule has 2 aliphatic rings. The van der Waals surface area contributed by atoms with Crippen molar-refractivity contribution in [2.45, 2.75) is 37.9 Å². The number of hydrogen-bond donors (Lipinski definition) is 0. The van der Waals surface area contributed by atoms with Crippen LogP contribution in [0.4, 0.5) is 0 Å². The van der Waals surface area contributed by atoms with Gasteiger partial charge in [-0.15, -0.1) is 0 Å². The molecular formula is C13H13ClO3. The molecule has 2 aliphatic heterocycles. The molecule has 0 aromatic heterocycles. The standard InChI is InChI=1S/C13H13ClO3/c1-2-3-6-13-11(16-12(13)15)9-7-8(14)4-5-10(9)17-13/h4-5,7,11H,2-3,6H2,1H3. The quantitative estimate of drug-likeness (QED) is 0.775. The lowest BCUT2D eigenvalue weighted by molar-refractivity contribution is -0.217. The van der Waals surface area contributed by atoms with Gasteiger partial charge in [0, 0.05) is 17.0 Å². The number of fused-ring (bicyclic) bond motifs is 3. The van der Waals surface area contributed by atoms with Gasteiger partial charge in [0.2, 0.25) is 5.60 Å². The molecule has 0 amide bonds. The molecule has 0 aliphatic carbocycles. The minimum Gasteiger partial charge on any atom is -0.471 e. The predicted octanol–water partition coefficient (Wildman–Crippen LogP) is 3.26. The average molecular weight is 253 g/mol. The number of halogens is 1. The van der Waals surface area contributed by atoms with Gasteiger partial charge in [-0.1, -0.05) is 24.9 Å². The van der Waals surface area contributed by atoms with E-state index in [0.717, 1.165) is 24.2 Å². The Morgan fingerprint density at radius 2 is 2.29 bits per heavy atom. The number of rotatable bonds is 3. The Kier molecular flexibility index (Phi) is 2.33. The molecule has 90 valence electrons. The normalized spacial score (nSPS) is 28.8. The SMILES string of the molecule is CCCCC12Oc3ccc(Cl)cc3C1OC2=O. The molecule has 3 nitrogen and oxygen atoms in total. The summed E-state index contributed by atoms with van der Waals surface area (Å²) in [7, 11) is 0. The van der Waals surface area contributed by atoms with Crippen molar-refractivity contribution in [2.24, 2.45) is 0 Å². The summed E-state index contributed by atoms with van der Waals surface area (Å²) in [5, 5.41) is 0.640. The molecule has 0 saturated carbocycles. The monoisotopic (exact) mass is 252 g/mol. The van der Waals surface area contributed by atoms with Gasteiger partial charge in [-0.3, -0.25) is 0 Å². The first-order chi connectivity index (χ1) is 8.17. The Bertz CT molecular complexity index is 486. The van der Waals surface area contributed by atoms with E-state index in [9.17, 15) is 4.79 Å². The van der Waals surface area contributed by atoms with Crippen LogP contribution in [-0.2, 0) is 9.53 Å². The van der Waals surface area contributed by atoms with Crippen molar-refractivity contribution in [2.75, 3.05) is 0 Å². The second kappa shape index (κ2) is 3.64. The number of ether oxygens (including phenoxy) is 2. The van der Waals surface area contributed by atoms with Crippen LogP contribution in [0, 0.1) is 0 Å². The van der Waals surface area contributed by atoms with Gasteiger partial charge in [0.05, 0.1) is 0 Å². The van der Waals surface area contributed by atoms with Gasteiger partial charge in [-0.25, -0.2) is 4.79 Å². The average Bonchev–Trinajstić information content (AvgIpc) is 2.56. The zero-order chi connectivity index (χ0) is 12.0. The molecule has 1 aromatic carbocycles. The van der Waals surface area contributed by atoms with Crippen molar-refractivity contribution in [3.05, 3.63) is 28.8 Å². The first-order valence-corrected chi connectivity index (χ1v) is 6.25. The third-order valence-corrected chi connectivity index (χ3v) is 3.68. The molecule has 1 fully saturated rings. The van der Waals surface area contributed by atoms with Gasteiger partial charge in [0.25, 0.3) is 0 Å². The van der Waals surface area contributed by atoms with Crippen LogP contribution in [0.2, 0.25) is 5.02 Å². The second-order valence-electron chi connectivity index (χ2n) is 4.56. The van der Waals surface area contributed by atoms with Gasteiger partial charge in [-0.05, 0) is 24.6 Å². The first-order valence-electron chi connectivity index (χ1n) is 5.87. The highest BCUT2D eigenvalue weighted by atomic mass is 35.5. The molecule has 0 N–H and O–H groups in total. The molecule has 1 saturated heterocycles. The van der Waals surface area contributed by atoms with E-state index in [1.807, 2.05) is 6.07 Å². The zero-order valence-electron chi connectivity index (χ0n) is 9.53. The number of carbonyl (C=O) groups is 1. The molecule has 0 spiro atoms. The lowest BCUT2D eigenvalue weighted by Crippen LogP contribution is -2.57. The summed E-state index contributed by atoms with van der Waals surface area (Å²) in [6.45, 7) is 2.09. The lowest BCUT2D eigenvalue weighted by Gasteiger charge is -2.40. The van der Waals surface area contributed by atoms with Crippen molar-refractivity contribution in [1.82, 2.24) is 0 Å². The minimum atomic E-state index is -0.775. The highest BCUT2D eigenvalue weighted by Gasteiger charge is 2.65. The molecular weight excluding hydrogens is 240 g/mol. The zero-order valence-corrected chi connectivity index (χ0v) is 10.3. The van der Waals surface area contributed by atoms with E-state index < -0.39 is 5.60 Å². The second-order valence-corrected chi connectivity index (χ2v) is 5.00. The molecule has 1 aromatic rings. The summed E-state index contributed by atoms with van der Waals surface area (Å²) in [6, 6.07) is 5.39. The fourth-order valence-corrected chi connectivity index (χ4v) is 2.68. The number of unbranched alkanes of at least 4 members (excludes halogenated alkanes) is 1. The summed E-state index contributed by atoms with van der Waals surface area (Å²) >= 11 is 5.95. The Labute approximate surface area is 105 Å². The Morgan fingerprint density at radius 3 is 3.00 bits per heavy atom. The van der Waals surface area contributed by atoms with Gasteiger partial charge in [-0.2, -0.15) is 0 Å². The van der Waals surface area contributed by atoms with Crippen molar-refractivity contribution in [3.8, 4) is 5.75 Å². The third kappa shape index (κ3) is 1.38. The third-order valence-electron chi connectivity index (χ3n) is 3.44. The van der Waals surface area contributed by atoms with E-state index >= 15 is 0 Å². The molecule has 17 heavy (non-hydrogen) atoms. The Balaban J connectivity index is 1.95. The summed E-state index contributed by atoms with van der Waals surface area (Å²) in [4.78, 5) is 11.7. The predicted molar refractivity (Wildman–Crippen MR) is 63.2 cm³/mol. The van der Waals surface area contributed by atoms with Crippen LogP contribution in [-0.4, -0.2) is 11.6 Å². The number of carbonyl (C=O) groups excluding carboxylic acids is 1. The molecule has 2 unspecified atom stereocenters. The van der Waals surface area contributed by atoms with Crippen molar-refractivity contribution in [3.63, 3.8) is 0 Å². The number of hydrogen-bond acceptors (Lipinski definition) is 3. The Hall–Kier alpha value is -1.22. The van der Waals surface area contributed by atoms with Crippen LogP contribution in [0.25, 0.3) is 0 Å². The van der Waals surface area contributed by atoms with Gasteiger partial charge in [0.1, 0.15) is 5.75 Å². The van der Waals surface area contributed by atoms with Crippen LogP contribution < -0.4 is 4.74 Å². The van der Waals surface area contributed by atoms with Crippen LogP contribution >= 0.6 is 11.6 Å². The highest BCUT2D eigenvalue weighted by Crippen LogP contribution is 2.55. The van der Waals surface area contributed by atoms with E-state index in [-0.39, 0.29) is 12.1 Å². The van der Waals surface area contributed by atoms with Crippen LogP contribution in [0.3, 0.4) is 0 Å². The van der Waals surface area contributed by atoms with E-state index in [1.54, 1.807) is 12.1 Å². The summed E-state index contributed by atoms with van der Waals surface area (Å²) in [6.07, 6.45) is 2.42. The van der Waals surface area contributed by atoms with Gasteiger partial charge >= 0.3 is 5.97 Å². The maximum Gasteiger partial charge on any atom is 0.355 e. The molecule has 0 bridgehead atoms. The maximum atomic E-state index is 11.7. The van der Waals surface area contributed by atoms with Crippen LogP contribution in [0.15, 0.2) is 18.2 Å². The summed E-state index contributed by atoms with van der Waals surface area (Å²) < 4.78 is 11.1.